The number of aliphatic carboxylic acids is 1. The number of carbonyl (C=O) groups excluding carboxylic acids is 1. The molecule has 1 N–H and O–H groups in total. The molecule has 1 saturated heterocycles. The molecule has 0 saturated carbocycles. The van der Waals surface area contributed by atoms with Crippen molar-refractivity contribution in [2.75, 3.05) is 20.6 Å². The van der Waals surface area contributed by atoms with Gasteiger partial charge in [-0.2, -0.15) is 0 Å². The fraction of sp³-hybridized carbons (Fsp3) is 0.467. The first-order valence-electron chi connectivity index (χ1n) is 6.93. The summed E-state index contributed by atoms with van der Waals surface area (Å²) in [7, 11) is 3.62. The summed E-state index contributed by atoms with van der Waals surface area (Å²) < 4.78 is 26.8. The van der Waals surface area contributed by atoms with Crippen molar-refractivity contribution in [1.29, 1.82) is 0 Å². The molecule has 0 aliphatic carbocycles. The van der Waals surface area contributed by atoms with Gasteiger partial charge in [-0.05, 0) is 26.6 Å². The van der Waals surface area contributed by atoms with Crippen molar-refractivity contribution in [3.8, 4) is 0 Å². The number of amides is 1. The van der Waals surface area contributed by atoms with Crippen LogP contribution in [0.3, 0.4) is 0 Å². The number of rotatable bonds is 4. The fourth-order valence-electron chi connectivity index (χ4n) is 2.65. The lowest BCUT2D eigenvalue weighted by atomic mass is 10.1. The van der Waals surface area contributed by atoms with E-state index in [1.54, 1.807) is 0 Å². The number of carbonyl (C=O) groups is 2. The van der Waals surface area contributed by atoms with Gasteiger partial charge in [0.1, 0.15) is 6.04 Å². The maximum absolute atomic E-state index is 13.6. The summed E-state index contributed by atoms with van der Waals surface area (Å²) in [4.78, 5) is 26.7. The molecular formula is C15H18F2N2O3. The van der Waals surface area contributed by atoms with Crippen LogP contribution in [0.15, 0.2) is 18.2 Å². The zero-order valence-corrected chi connectivity index (χ0v) is 12.4. The molecule has 1 amide bonds. The van der Waals surface area contributed by atoms with E-state index in [9.17, 15) is 23.5 Å². The molecule has 1 fully saturated rings. The molecule has 7 heteroatoms. The van der Waals surface area contributed by atoms with Gasteiger partial charge in [0, 0.05) is 18.2 Å². The summed E-state index contributed by atoms with van der Waals surface area (Å²) in [6.07, 6.45) is -0.0345. The summed E-state index contributed by atoms with van der Waals surface area (Å²) in [6, 6.07) is 2.62. The Balaban J connectivity index is 2.17. The average Bonchev–Trinajstić information content (AvgIpc) is 2.89. The smallest absolute Gasteiger partial charge is 0.326 e. The maximum Gasteiger partial charge on any atom is 0.326 e. The molecule has 1 aliphatic rings. The van der Waals surface area contributed by atoms with Gasteiger partial charge in [0.2, 0.25) is 5.91 Å². The molecule has 22 heavy (non-hydrogen) atoms. The van der Waals surface area contributed by atoms with Crippen molar-refractivity contribution in [3.63, 3.8) is 0 Å². The van der Waals surface area contributed by atoms with Gasteiger partial charge in [0.25, 0.3) is 0 Å². The van der Waals surface area contributed by atoms with Crippen molar-refractivity contribution >= 4 is 11.9 Å². The van der Waals surface area contributed by atoms with Crippen LogP contribution in [0.4, 0.5) is 8.78 Å². The van der Waals surface area contributed by atoms with Crippen LogP contribution in [0, 0.1) is 11.6 Å². The van der Waals surface area contributed by atoms with Crippen molar-refractivity contribution in [1.82, 2.24) is 9.80 Å². The summed E-state index contributed by atoms with van der Waals surface area (Å²) in [5, 5.41) is 9.25. The van der Waals surface area contributed by atoms with Gasteiger partial charge >= 0.3 is 5.97 Å². The highest BCUT2D eigenvalue weighted by Gasteiger charge is 2.40. The van der Waals surface area contributed by atoms with Crippen LogP contribution in [-0.4, -0.2) is 59.5 Å². The van der Waals surface area contributed by atoms with E-state index in [1.165, 1.54) is 17.0 Å². The molecule has 0 unspecified atom stereocenters. The molecule has 0 bridgehead atoms. The Hall–Kier alpha value is -2.02. The van der Waals surface area contributed by atoms with Crippen LogP contribution in [0.1, 0.15) is 12.0 Å². The van der Waals surface area contributed by atoms with Gasteiger partial charge in [-0.25, -0.2) is 13.6 Å². The second kappa shape index (κ2) is 6.39. The van der Waals surface area contributed by atoms with E-state index < -0.39 is 29.6 Å². The van der Waals surface area contributed by atoms with Crippen LogP contribution < -0.4 is 0 Å². The SMILES string of the molecule is CN(C)[C@@H]1C[C@@H](C(=O)O)N(C(=O)Cc2cccc(F)c2F)C1. The second-order valence-corrected chi connectivity index (χ2v) is 5.64. The normalized spacial score (nSPS) is 21.4. The number of carboxylic acid groups (broad SMARTS) is 1. The monoisotopic (exact) mass is 312 g/mol. The van der Waals surface area contributed by atoms with E-state index in [2.05, 4.69) is 0 Å². The number of hydrogen-bond acceptors (Lipinski definition) is 3. The van der Waals surface area contributed by atoms with E-state index in [-0.39, 0.29) is 24.6 Å². The van der Waals surface area contributed by atoms with E-state index in [0.29, 0.717) is 6.42 Å². The van der Waals surface area contributed by atoms with Crippen LogP contribution >= 0.6 is 0 Å². The molecule has 2 rings (SSSR count). The fourth-order valence-corrected chi connectivity index (χ4v) is 2.65. The van der Waals surface area contributed by atoms with Gasteiger partial charge in [-0.1, -0.05) is 12.1 Å². The summed E-state index contributed by atoms with van der Waals surface area (Å²) in [6.45, 7) is 0.264. The number of halogens is 2. The van der Waals surface area contributed by atoms with Crippen LogP contribution in [0.2, 0.25) is 0 Å². The molecular weight excluding hydrogens is 294 g/mol. The Labute approximate surface area is 127 Å². The zero-order chi connectivity index (χ0) is 16.4. The molecule has 0 spiro atoms. The minimum atomic E-state index is -1.09. The molecule has 2 atom stereocenters. The Bertz CT molecular complexity index is 592. The zero-order valence-electron chi connectivity index (χ0n) is 12.4. The lowest BCUT2D eigenvalue weighted by Gasteiger charge is -2.22. The topological polar surface area (TPSA) is 60.9 Å². The largest absolute Gasteiger partial charge is 0.480 e. The minimum Gasteiger partial charge on any atom is -0.480 e. The standard InChI is InChI=1S/C15H18F2N2O3/c1-18(2)10-7-12(15(21)22)19(8-10)13(20)6-9-4-3-5-11(16)14(9)17/h3-5,10,12H,6-8H2,1-2H3,(H,21,22)/t10-,12+/m1/s1. The number of carboxylic acids is 1. The number of likely N-dealkylation sites (N-methyl/N-ethyl adjacent to an activating group) is 1. The highest BCUT2D eigenvalue weighted by Crippen LogP contribution is 2.23. The molecule has 1 aromatic rings. The number of likely N-dealkylation sites (tertiary alicyclic amines) is 1. The maximum atomic E-state index is 13.6. The first-order chi connectivity index (χ1) is 10.3. The number of hydrogen-bond donors (Lipinski definition) is 1. The Morgan fingerprint density at radius 2 is 2.05 bits per heavy atom. The van der Waals surface area contributed by atoms with Gasteiger partial charge in [0.15, 0.2) is 11.6 Å². The predicted octanol–water partition coefficient (Wildman–Crippen LogP) is 1.12. The van der Waals surface area contributed by atoms with Crippen molar-refractivity contribution < 1.29 is 23.5 Å². The first-order valence-corrected chi connectivity index (χ1v) is 6.93. The van der Waals surface area contributed by atoms with Crippen molar-refractivity contribution in [2.24, 2.45) is 0 Å². The van der Waals surface area contributed by atoms with Gasteiger partial charge in [0.05, 0.1) is 6.42 Å². The van der Waals surface area contributed by atoms with Crippen LogP contribution in [0.5, 0.6) is 0 Å². The number of nitrogens with zero attached hydrogens (tertiary/aromatic N) is 2. The van der Waals surface area contributed by atoms with Crippen molar-refractivity contribution in [2.45, 2.75) is 24.9 Å². The van der Waals surface area contributed by atoms with Gasteiger partial charge in [-0.3, -0.25) is 4.79 Å². The van der Waals surface area contributed by atoms with E-state index in [4.69, 9.17) is 0 Å². The first kappa shape index (κ1) is 16.4. The summed E-state index contributed by atoms with van der Waals surface area (Å²) in [5.41, 5.74) is -0.0672. The van der Waals surface area contributed by atoms with E-state index >= 15 is 0 Å². The summed E-state index contributed by atoms with van der Waals surface area (Å²) in [5.74, 6) is -3.68. The molecule has 0 radical (unpaired) electrons. The molecule has 120 valence electrons. The molecule has 1 aromatic carbocycles. The molecule has 1 heterocycles. The van der Waals surface area contributed by atoms with E-state index in [0.717, 1.165) is 6.07 Å². The Morgan fingerprint density at radius 1 is 1.36 bits per heavy atom. The predicted molar refractivity (Wildman–Crippen MR) is 75.3 cm³/mol. The quantitative estimate of drug-likeness (QED) is 0.905. The van der Waals surface area contributed by atoms with Crippen LogP contribution in [-0.2, 0) is 16.0 Å². The minimum absolute atomic E-state index is 0.0672. The third kappa shape index (κ3) is 3.24. The highest BCUT2D eigenvalue weighted by atomic mass is 19.2. The molecule has 5 nitrogen and oxygen atoms in total. The van der Waals surface area contributed by atoms with E-state index in [1.807, 2.05) is 19.0 Å². The third-order valence-electron chi connectivity index (χ3n) is 3.99. The molecule has 1 aliphatic heterocycles. The lowest BCUT2D eigenvalue weighted by Crippen LogP contribution is -2.41. The second-order valence-electron chi connectivity index (χ2n) is 5.64. The summed E-state index contributed by atoms with van der Waals surface area (Å²) >= 11 is 0. The third-order valence-corrected chi connectivity index (χ3v) is 3.99. The van der Waals surface area contributed by atoms with Gasteiger partial charge in [-0.15, -0.1) is 0 Å². The average molecular weight is 312 g/mol. The molecule has 0 aromatic heterocycles. The Kier molecular flexibility index (Phi) is 4.75. The Morgan fingerprint density at radius 3 is 2.64 bits per heavy atom. The van der Waals surface area contributed by atoms with Gasteiger partial charge < -0.3 is 14.9 Å². The van der Waals surface area contributed by atoms with Crippen molar-refractivity contribution in [3.05, 3.63) is 35.4 Å². The number of benzene rings is 1. The lowest BCUT2D eigenvalue weighted by molar-refractivity contribution is -0.148. The highest BCUT2D eigenvalue weighted by molar-refractivity contribution is 5.85. The van der Waals surface area contributed by atoms with Crippen LogP contribution in [0.25, 0.3) is 0 Å².